The summed E-state index contributed by atoms with van der Waals surface area (Å²) in [5.74, 6) is 0.730. The predicted octanol–water partition coefficient (Wildman–Crippen LogP) is 4.03. The van der Waals surface area contributed by atoms with E-state index in [9.17, 15) is 4.39 Å². The third kappa shape index (κ3) is 2.83. The zero-order valence-corrected chi connectivity index (χ0v) is 14.7. The van der Waals surface area contributed by atoms with E-state index in [2.05, 4.69) is 15.4 Å². The molecule has 0 aliphatic heterocycles. The van der Waals surface area contributed by atoms with E-state index >= 15 is 0 Å². The van der Waals surface area contributed by atoms with Crippen molar-refractivity contribution >= 4 is 11.5 Å². The Bertz CT molecular complexity index is 1100. The molecule has 6 heteroatoms. The summed E-state index contributed by atoms with van der Waals surface area (Å²) in [6.07, 6.45) is 6.66. The highest BCUT2D eigenvalue weighted by atomic mass is 19.1. The fourth-order valence-corrected chi connectivity index (χ4v) is 3.67. The molecule has 4 aromatic rings. The normalized spacial score (nSPS) is 13.1. The van der Waals surface area contributed by atoms with Gasteiger partial charge < -0.3 is 5.32 Å². The molecule has 0 fully saturated rings. The van der Waals surface area contributed by atoms with Gasteiger partial charge in [-0.05, 0) is 49.1 Å². The van der Waals surface area contributed by atoms with Crippen LogP contribution in [-0.4, -0.2) is 19.6 Å². The molecule has 3 aromatic heterocycles. The molecule has 0 radical (unpaired) electrons. The first kappa shape index (κ1) is 15.9. The summed E-state index contributed by atoms with van der Waals surface area (Å²) in [5, 5.41) is 8.10. The molecule has 0 atom stereocenters. The smallest absolute Gasteiger partial charge is 0.165 e. The van der Waals surface area contributed by atoms with E-state index in [1.165, 1.54) is 17.7 Å². The Morgan fingerprint density at radius 3 is 2.78 bits per heavy atom. The van der Waals surface area contributed by atoms with Crippen LogP contribution in [0, 0.1) is 5.82 Å². The molecule has 0 saturated heterocycles. The topological polar surface area (TPSA) is 55.1 Å². The lowest BCUT2D eigenvalue weighted by molar-refractivity contribution is 0.628. The highest BCUT2D eigenvalue weighted by Gasteiger charge is 2.22. The van der Waals surface area contributed by atoms with Crippen LogP contribution in [-0.2, 0) is 19.4 Å². The number of anilines is 1. The van der Waals surface area contributed by atoms with Crippen LogP contribution < -0.4 is 5.32 Å². The largest absolute Gasteiger partial charge is 0.364 e. The van der Waals surface area contributed by atoms with Crippen molar-refractivity contribution in [3.63, 3.8) is 0 Å². The second kappa shape index (κ2) is 6.46. The van der Waals surface area contributed by atoms with E-state index in [1.807, 2.05) is 22.7 Å². The molecule has 1 aromatic carbocycles. The molecule has 5 rings (SSSR count). The highest BCUT2D eigenvalue weighted by molar-refractivity contribution is 5.79. The third-order valence-electron chi connectivity index (χ3n) is 4.99. The van der Waals surface area contributed by atoms with Crippen LogP contribution in [0.25, 0.3) is 16.8 Å². The van der Waals surface area contributed by atoms with Crippen LogP contribution in [0.3, 0.4) is 0 Å². The Morgan fingerprint density at radius 2 is 1.96 bits per heavy atom. The summed E-state index contributed by atoms with van der Waals surface area (Å²) >= 11 is 0. The van der Waals surface area contributed by atoms with E-state index in [1.54, 1.807) is 24.5 Å². The zero-order chi connectivity index (χ0) is 18.2. The molecule has 1 aliphatic rings. The molecule has 3 heterocycles. The molecular weight excluding hydrogens is 341 g/mol. The number of fused-ring (bicyclic) bond motifs is 2. The van der Waals surface area contributed by atoms with E-state index in [4.69, 9.17) is 4.98 Å². The summed E-state index contributed by atoms with van der Waals surface area (Å²) in [4.78, 5) is 9.27. The van der Waals surface area contributed by atoms with Gasteiger partial charge in [0.2, 0.25) is 0 Å². The number of hydrogen-bond acceptors (Lipinski definition) is 4. The van der Waals surface area contributed by atoms with Gasteiger partial charge in [-0.1, -0.05) is 18.2 Å². The lowest BCUT2D eigenvalue weighted by atomic mass is 10.1. The van der Waals surface area contributed by atoms with Crippen molar-refractivity contribution in [1.29, 1.82) is 0 Å². The minimum atomic E-state index is -0.248. The molecule has 134 valence electrons. The molecule has 0 spiro atoms. The van der Waals surface area contributed by atoms with Crippen molar-refractivity contribution in [2.75, 3.05) is 5.32 Å². The lowest BCUT2D eigenvalue weighted by Crippen LogP contribution is -2.10. The predicted molar refractivity (Wildman–Crippen MR) is 102 cm³/mol. The van der Waals surface area contributed by atoms with Crippen LogP contribution in [0.4, 0.5) is 10.2 Å². The Labute approximate surface area is 155 Å². The number of nitrogens with zero attached hydrogens (tertiary/aromatic N) is 4. The Kier molecular flexibility index (Phi) is 3.81. The summed E-state index contributed by atoms with van der Waals surface area (Å²) in [5.41, 5.74) is 5.94. The van der Waals surface area contributed by atoms with Gasteiger partial charge >= 0.3 is 0 Å². The summed E-state index contributed by atoms with van der Waals surface area (Å²) < 4.78 is 15.2. The average Bonchev–Trinajstić information content (AvgIpc) is 3.34. The van der Waals surface area contributed by atoms with Crippen LogP contribution in [0.1, 0.15) is 23.4 Å². The number of benzene rings is 1. The quantitative estimate of drug-likeness (QED) is 0.598. The van der Waals surface area contributed by atoms with Crippen molar-refractivity contribution in [2.24, 2.45) is 0 Å². The van der Waals surface area contributed by atoms with Crippen LogP contribution in [0.15, 0.2) is 54.9 Å². The molecule has 0 saturated carbocycles. The number of hydrogen-bond donors (Lipinski definition) is 1. The Morgan fingerprint density at radius 1 is 1.07 bits per heavy atom. The monoisotopic (exact) mass is 359 g/mol. The number of pyridine rings is 1. The van der Waals surface area contributed by atoms with Crippen LogP contribution in [0.2, 0.25) is 0 Å². The number of rotatable bonds is 4. The third-order valence-corrected chi connectivity index (χ3v) is 4.99. The number of nitrogens with one attached hydrogen (secondary N) is 1. The summed E-state index contributed by atoms with van der Waals surface area (Å²) in [7, 11) is 0. The van der Waals surface area contributed by atoms with Gasteiger partial charge in [-0.15, -0.1) is 0 Å². The number of halogens is 1. The van der Waals surface area contributed by atoms with Crippen molar-refractivity contribution in [3.05, 3.63) is 77.6 Å². The SMILES string of the molecule is Fc1ccc(-c2cnn3c(NCc4ccccn4)c4c(nc23)CCC4)cc1. The standard InChI is InChI=1S/C21H18FN5/c22-15-9-7-14(8-10-15)18-13-25-27-20(24-12-16-4-1-2-11-23-16)17-5-3-6-19(17)26-21(18)27/h1-2,4,7-11,13,24H,3,5-6,12H2. The highest BCUT2D eigenvalue weighted by Crippen LogP contribution is 2.32. The van der Waals surface area contributed by atoms with Crippen molar-refractivity contribution in [3.8, 4) is 11.1 Å². The van der Waals surface area contributed by atoms with Gasteiger partial charge in [0, 0.05) is 23.0 Å². The van der Waals surface area contributed by atoms with Crippen LogP contribution >= 0.6 is 0 Å². The van der Waals surface area contributed by atoms with Gasteiger partial charge in [0.1, 0.15) is 11.6 Å². The minimum absolute atomic E-state index is 0.248. The van der Waals surface area contributed by atoms with Gasteiger partial charge in [0.15, 0.2) is 5.65 Å². The molecule has 0 bridgehead atoms. The van der Waals surface area contributed by atoms with Crippen molar-refractivity contribution in [1.82, 2.24) is 19.6 Å². The molecule has 1 N–H and O–H groups in total. The first-order valence-electron chi connectivity index (χ1n) is 9.09. The molecule has 1 aliphatic carbocycles. The molecule has 0 amide bonds. The van der Waals surface area contributed by atoms with Crippen molar-refractivity contribution in [2.45, 2.75) is 25.8 Å². The van der Waals surface area contributed by atoms with E-state index in [0.717, 1.165) is 53.2 Å². The maximum absolute atomic E-state index is 13.3. The second-order valence-corrected chi connectivity index (χ2v) is 6.71. The first-order chi connectivity index (χ1) is 13.3. The van der Waals surface area contributed by atoms with Gasteiger partial charge in [-0.25, -0.2) is 9.37 Å². The second-order valence-electron chi connectivity index (χ2n) is 6.71. The average molecular weight is 359 g/mol. The zero-order valence-electron chi connectivity index (χ0n) is 14.7. The fraction of sp³-hybridized carbons (Fsp3) is 0.190. The van der Waals surface area contributed by atoms with Crippen LogP contribution in [0.5, 0.6) is 0 Å². The van der Waals surface area contributed by atoms with Gasteiger partial charge in [0.25, 0.3) is 0 Å². The lowest BCUT2D eigenvalue weighted by Gasteiger charge is -2.13. The van der Waals surface area contributed by atoms with Gasteiger partial charge in [0.05, 0.1) is 18.4 Å². The molecule has 5 nitrogen and oxygen atoms in total. The molecule has 0 unspecified atom stereocenters. The maximum atomic E-state index is 13.3. The molecule has 27 heavy (non-hydrogen) atoms. The first-order valence-corrected chi connectivity index (χ1v) is 9.09. The molecular formula is C21H18FN5. The fourth-order valence-electron chi connectivity index (χ4n) is 3.67. The number of aromatic nitrogens is 4. The Balaban J connectivity index is 1.60. The minimum Gasteiger partial charge on any atom is -0.364 e. The van der Waals surface area contributed by atoms with E-state index < -0.39 is 0 Å². The summed E-state index contributed by atoms with van der Waals surface area (Å²) in [6, 6.07) is 12.4. The van der Waals surface area contributed by atoms with E-state index in [-0.39, 0.29) is 5.82 Å². The van der Waals surface area contributed by atoms with Gasteiger partial charge in [-0.2, -0.15) is 9.61 Å². The maximum Gasteiger partial charge on any atom is 0.165 e. The number of aryl methyl sites for hydroxylation is 1. The van der Waals surface area contributed by atoms with Crippen molar-refractivity contribution < 1.29 is 4.39 Å². The van der Waals surface area contributed by atoms with E-state index in [0.29, 0.717) is 6.54 Å². The van der Waals surface area contributed by atoms with Gasteiger partial charge in [-0.3, -0.25) is 4.98 Å². The Hall–Kier alpha value is -3.28. The summed E-state index contributed by atoms with van der Waals surface area (Å²) in [6.45, 7) is 0.623.